The molecule has 0 heterocycles. The summed E-state index contributed by atoms with van der Waals surface area (Å²) in [5.74, 6) is 4.57. The molecule has 0 radical (unpaired) electrons. The largest absolute Gasteiger partial charge is 0.532 e. The van der Waals surface area contributed by atoms with Gasteiger partial charge in [0.25, 0.3) is 0 Å². The summed E-state index contributed by atoms with van der Waals surface area (Å²) in [6.07, 6.45) is -1.70. The number of carbonyl (C=O) groups is 2. The van der Waals surface area contributed by atoms with Crippen molar-refractivity contribution >= 4 is 12.2 Å². The van der Waals surface area contributed by atoms with Crippen LogP contribution in [0.5, 0.6) is 0 Å². The number of nitrogens with two attached hydrogens (primary N) is 2. The Bertz CT molecular complexity index is 134. The zero-order chi connectivity index (χ0) is 7.44. The minimum absolute atomic E-state index is 0.0949. The molecular formula is C2H5N3O4. The number of amides is 2. The van der Waals surface area contributed by atoms with Crippen LogP contribution in [0.1, 0.15) is 0 Å². The quantitative estimate of drug-likeness (QED) is 0.220. The van der Waals surface area contributed by atoms with Gasteiger partial charge in [-0.1, -0.05) is 5.17 Å². The Labute approximate surface area is 49.7 Å². The third-order valence-electron chi connectivity index (χ3n) is 0.394. The van der Waals surface area contributed by atoms with Crippen LogP contribution >= 0.6 is 0 Å². The van der Waals surface area contributed by atoms with Crippen molar-refractivity contribution in [2.24, 2.45) is 11.6 Å². The molecule has 7 nitrogen and oxygen atoms in total. The van der Waals surface area contributed by atoms with E-state index in [1.807, 2.05) is 0 Å². The molecular weight excluding hydrogens is 130 g/mol. The van der Waals surface area contributed by atoms with Gasteiger partial charge in [0.2, 0.25) is 0 Å². The SMILES string of the molecule is NC(=O)N(N)OC(=O)O. The van der Waals surface area contributed by atoms with E-state index in [1.54, 1.807) is 0 Å². The molecule has 0 aliphatic carbocycles. The third-order valence-corrected chi connectivity index (χ3v) is 0.394. The summed E-state index contributed by atoms with van der Waals surface area (Å²) in [5, 5.41) is 7.69. The number of hydroxylamine groups is 1. The van der Waals surface area contributed by atoms with Crippen LogP contribution in [-0.2, 0) is 4.84 Å². The molecule has 0 bridgehead atoms. The zero-order valence-corrected chi connectivity index (χ0v) is 4.27. The molecule has 0 unspecified atom stereocenters. The molecule has 0 aromatic carbocycles. The molecule has 0 saturated heterocycles. The highest BCUT2D eigenvalue weighted by Gasteiger charge is 2.08. The van der Waals surface area contributed by atoms with Crippen molar-refractivity contribution in [1.82, 2.24) is 5.17 Å². The molecule has 52 valence electrons. The van der Waals surface area contributed by atoms with Gasteiger partial charge in [-0.2, -0.15) is 0 Å². The smallest absolute Gasteiger partial charge is 0.448 e. The van der Waals surface area contributed by atoms with E-state index in [4.69, 9.17) is 5.11 Å². The van der Waals surface area contributed by atoms with Crippen molar-refractivity contribution in [2.75, 3.05) is 0 Å². The second-order valence-corrected chi connectivity index (χ2v) is 1.02. The lowest BCUT2D eigenvalue weighted by Crippen LogP contribution is -2.42. The Hall–Kier alpha value is -1.50. The van der Waals surface area contributed by atoms with Crippen molar-refractivity contribution in [3.8, 4) is 0 Å². The van der Waals surface area contributed by atoms with Gasteiger partial charge in [-0.05, 0) is 0 Å². The number of hydrogen-bond donors (Lipinski definition) is 3. The Morgan fingerprint density at radius 1 is 1.56 bits per heavy atom. The maximum atomic E-state index is 9.87. The molecule has 0 rings (SSSR count). The lowest BCUT2D eigenvalue weighted by molar-refractivity contribution is -0.0799. The molecule has 0 aliphatic rings. The molecule has 0 spiro atoms. The summed E-state index contributed by atoms with van der Waals surface area (Å²) < 4.78 is 0. The lowest BCUT2D eigenvalue weighted by Gasteiger charge is -2.07. The summed E-state index contributed by atoms with van der Waals surface area (Å²) in [7, 11) is 0. The van der Waals surface area contributed by atoms with Gasteiger partial charge in [-0.15, -0.1) is 0 Å². The Balaban J connectivity index is 3.63. The van der Waals surface area contributed by atoms with Gasteiger partial charge in [0, 0.05) is 0 Å². The van der Waals surface area contributed by atoms with Gasteiger partial charge in [0.05, 0.1) is 0 Å². The van der Waals surface area contributed by atoms with E-state index in [0.717, 1.165) is 0 Å². The highest BCUT2D eigenvalue weighted by atomic mass is 16.8. The van der Waals surface area contributed by atoms with Crippen LogP contribution in [0.25, 0.3) is 0 Å². The minimum Gasteiger partial charge on any atom is -0.448 e. The predicted molar refractivity (Wildman–Crippen MR) is 24.7 cm³/mol. The fourth-order valence-electron chi connectivity index (χ4n) is 0.129. The summed E-state index contributed by atoms with van der Waals surface area (Å²) in [6.45, 7) is 0. The zero-order valence-electron chi connectivity index (χ0n) is 4.27. The molecule has 9 heavy (non-hydrogen) atoms. The summed E-state index contributed by atoms with van der Waals surface area (Å²) in [4.78, 5) is 23.0. The predicted octanol–water partition coefficient (Wildman–Crippen LogP) is -1.15. The number of primary amides is 1. The number of nitrogens with zero attached hydrogens (tertiary/aromatic N) is 1. The average molecular weight is 135 g/mol. The second-order valence-electron chi connectivity index (χ2n) is 1.02. The van der Waals surface area contributed by atoms with Gasteiger partial charge >= 0.3 is 12.2 Å². The summed E-state index contributed by atoms with van der Waals surface area (Å²) in [6, 6.07) is -1.18. The van der Waals surface area contributed by atoms with Crippen molar-refractivity contribution < 1.29 is 19.5 Å². The molecule has 0 aromatic rings. The summed E-state index contributed by atoms with van der Waals surface area (Å²) >= 11 is 0. The number of rotatable bonds is 0. The van der Waals surface area contributed by atoms with Crippen LogP contribution in [-0.4, -0.2) is 22.5 Å². The van der Waals surface area contributed by atoms with E-state index >= 15 is 0 Å². The molecule has 2 amide bonds. The van der Waals surface area contributed by atoms with Crippen LogP contribution in [0, 0.1) is 0 Å². The fourth-order valence-corrected chi connectivity index (χ4v) is 0.129. The van der Waals surface area contributed by atoms with E-state index in [-0.39, 0.29) is 5.17 Å². The first-order chi connectivity index (χ1) is 4.04. The summed E-state index contributed by atoms with van der Waals surface area (Å²) in [5.41, 5.74) is 4.46. The van der Waals surface area contributed by atoms with Crippen molar-refractivity contribution in [3.63, 3.8) is 0 Å². The molecule has 5 N–H and O–H groups in total. The Kier molecular flexibility index (Phi) is 2.27. The Morgan fingerprint density at radius 2 is 2.00 bits per heavy atom. The van der Waals surface area contributed by atoms with Crippen LogP contribution < -0.4 is 11.6 Å². The number of carboxylic acid groups (broad SMARTS) is 1. The number of urea groups is 1. The van der Waals surface area contributed by atoms with Gasteiger partial charge in [0.15, 0.2) is 0 Å². The minimum atomic E-state index is -1.70. The van der Waals surface area contributed by atoms with E-state index in [0.29, 0.717) is 0 Å². The number of hydrazine groups is 1. The molecule has 7 heteroatoms. The second kappa shape index (κ2) is 2.72. The van der Waals surface area contributed by atoms with E-state index in [2.05, 4.69) is 16.4 Å². The number of hydrogen-bond acceptors (Lipinski definition) is 4. The van der Waals surface area contributed by atoms with Gasteiger partial charge in [0.1, 0.15) is 0 Å². The van der Waals surface area contributed by atoms with Gasteiger partial charge < -0.3 is 10.8 Å². The first kappa shape index (κ1) is 7.50. The molecule has 0 aliphatic heterocycles. The number of carbonyl (C=O) groups excluding carboxylic acids is 1. The van der Waals surface area contributed by atoms with Gasteiger partial charge in [-0.3, -0.25) is 4.84 Å². The molecule has 0 aromatic heterocycles. The van der Waals surface area contributed by atoms with Gasteiger partial charge in [-0.25, -0.2) is 15.4 Å². The normalized spacial score (nSPS) is 8.11. The van der Waals surface area contributed by atoms with E-state index in [1.165, 1.54) is 0 Å². The first-order valence-corrected chi connectivity index (χ1v) is 1.79. The highest BCUT2D eigenvalue weighted by Crippen LogP contribution is 1.79. The van der Waals surface area contributed by atoms with Crippen molar-refractivity contribution in [1.29, 1.82) is 0 Å². The highest BCUT2D eigenvalue weighted by molar-refractivity contribution is 5.71. The van der Waals surface area contributed by atoms with Crippen molar-refractivity contribution in [2.45, 2.75) is 0 Å². The van der Waals surface area contributed by atoms with Crippen LogP contribution in [0.4, 0.5) is 9.59 Å². The first-order valence-electron chi connectivity index (χ1n) is 1.79. The average Bonchev–Trinajstić information content (AvgIpc) is 1.63. The van der Waals surface area contributed by atoms with Crippen LogP contribution in [0.3, 0.4) is 0 Å². The Morgan fingerprint density at radius 3 is 2.11 bits per heavy atom. The van der Waals surface area contributed by atoms with Crippen molar-refractivity contribution in [3.05, 3.63) is 0 Å². The maximum Gasteiger partial charge on any atom is 0.532 e. The van der Waals surface area contributed by atoms with E-state index in [9.17, 15) is 9.59 Å². The standard InChI is InChI=1S/C2H5N3O4/c3-1(6)5(4)9-2(7)8/h4H2,(H2,3,6)(H,7,8). The molecule has 0 atom stereocenters. The van der Waals surface area contributed by atoms with Crippen LogP contribution in [0.2, 0.25) is 0 Å². The lowest BCUT2D eigenvalue weighted by atomic mass is 11.1. The van der Waals surface area contributed by atoms with E-state index < -0.39 is 12.2 Å². The molecule has 0 saturated carbocycles. The molecule has 0 fully saturated rings. The van der Waals surface area contributed by atoms with Crippen LogP contribution in [0.15, 0.2) is 0 Å². The third kappa shape index (κ3) is 3.12. The topological polar surface area (TPSA) is 119 Å². The monoisotopic (exact) mass is 135 g/mol. The maximum absolute atomic E-state index is 9.87. The fraction of sp³-hybridized carbons (Fsp3) is 0.